The van der Waals surface area contributed by atoms with Gasteiger partial charge in [0.25, 0.3) is 0 Å². The van der Waals surface area contributed by atoms with E-state index in [2.05, 4.69) is 0 Å². The minimum atomic E-state index is -0.841. The second kappa shape index (κ2) is 5.19. The molecule has 94 valence electrons. The summed E-state index contributed by atoms with van der Waals surface area (Å²) in [4.78, 5) is 10.9. The van der Waals surface area contributed by atoms with Crippen molar-refractivity contribution in [1.29, 1.82) is 0 Å². The van der Waals surface area contributed by atoms with Gasteiger partial charge in [-0.25, -0.2) is 0 Å². The van der Waals surface area contributed by atoms with Crippen LogP contribution in [0.15, 0.2) is 18.2 Å². The zero-order chi connectivity index (χ0) is 13.1. The molecule has 0 heterocycles. The Kier molecular flexibility index (Phi) is 4.12. The van der Waals surface area contributed by atoms with Crippen LogP contribution in [0.3, 0.4) is 0 Å². The number of hydrogen-bond acceptors (Lipinski definition) is 3. The molecule has 1 unspecified atom stereocenters. The molecule has 0 bridgehead atoms. The third-order valence-corrected chi connectivity index (χ3v) is 3.08. The molecular weight excluding hydrogens is 218 g/mol. The van der Waals surface area contributed by atoms with E-state index in [4.69, 9.17) is 15.6 Å². The van der Waals surface area contributed by atoms with Crippen molar-refractivity contribution in [1.82, 2.24) is 0 Å². The van der Waals surface area contributed by atoms with E-state index in [9.17, 15) is 4.79 Å². The number of aliphatic carboxylic acids is 1. The molecule has 0 aliphatic heterocycles. The van der Waals surface area contributed by atoms with Gasteiger partial charge in [-0.3, -0.25) is 4.79 Å². The van der Waals surface area contributed by atoms with Gasteiger partial charge < -0.3 is 15.6 Å². The van der Waals surface area contributed by atoms with E-state index >= 15 is 0 Å². The normalized spacial score (nSPS) is 14.1. The van der Waals surface area contributed by atoms with Gasteiger partial charge in [0, 0.05) is 12.0 Å². The molecule has 0 saturated carbocycles. The highest BCUT2D eigenvalue weighted by molar-refractivity contribution is 5.69. The van der Waals surface area contributed by atoms with Crippen LogP contribution >= 0.6 is 0 Å². The maximum atomic E-state index is 10.9. The van der Waals surface area contributed by atoms with Crippen molar-refractivity contribution in [2.75, 3.05) is 13.7 Å². The summed E-state index contributed by atoms with van der Waals surface area (Å²) in [6.07, 6.45) is 0.0231. The number of rotatable bonds is 5. The number of hydrogen-bond donors (Lipinski definition) is 2. The van der Waals surface area contributed by atoms with Crippen molar-refractivity contribution >= 4 is 5.97 Å². The zero-order valence-corrected chi connectivity index (χ0v) is 10.5. The van der Waals surface area contributed by atoms with Crippen LogP contribution in [0, 0.1) is 6.92 Å². The number of ether oxygens (including phenoxy) is 1. The SMILES string of the molecule is COc1ccc(C(C)(CN)CC(=O)O)cc1C. The Morgan fingerprint density at radius 2 is 2.18 bits per heavy atom. The molecular formula is C13H19NO3. The average molecular weight is 237 g/mol. The molecule has 4 nitrogen and oxygen atoms in total. The Labute approximate surface area is 101 Å². The second-order valence-electron chi connectivity index (χ2n) is 4.52. The van der Waals surface area contributed by atoms with Crippen molar-refractivity contribution in [3.05, 3.63) is 29.3 Å². The summed E-state index contributed by atoms with van der Waals surface area (Å²) in [6, 6.07) is 5.66. The average Bonchev–Trinajstić information content (AvgIpc) is 2.27. The van der Waals surface area contributed by atoms with Crippen LogP contribution in [0.1, 0.15) is 24.5 Å². The Bertz CT molecular complexity index is 417. The quantitative estimate of drug-likeness (QED) is 0.817. The summed E-state index contributed by atoms with van der Waals surface area (Å²) in [5, 5.41) is 8.93. The zero-order valence-electron chi connectivity index (χ0n) is 10.5. The van der Waals surface area contributed by atoms with Crippen LogP contribution in [0.25, 0.3) is 0 Å². The molecule has 4 heteroatoms. The Morgan fingerprint density at radius 3 is 2.59 bits per heavy atom. The molecule has 1 atom stereocenters. The fourth-order valence-electron chi connectivity index (χ4n) is 1.88. The molecule has 17 heavy (non-hydrogen) atoms. The number of benzene rings is 1. The van der Waals surface area contributed by atoms with Gasteiger partial charge in [0.15, 0.2) is 0 Å². The first-order valence-corrected chi connectivity index (χ1v) is 5.50. The van der Waals surface area contributed by atoms with Crippen molar-refractivity contribution in [3.63, 3.8) is 0 Å². The Hall–Kier alpha value is -1.55. The summed E-state index contributed by atoms with van der Waals surface area (Å²) in [6.45, 7) is 4.09. The highest BCUT2D eigenvalue weighted by Crippen LogP contribution is 2.30. The first-order chi connectivity index (χ1) is 7.92. The summed E-state index contributed by atoms with van der Waals surface area (Å²) in [7, 11) is 1.61. The van der Waals surface area contributed by atoms with Gasteiger partial charge in [0.1, 0.15) is 5.75 Å². The smallest absolute Gasteiger partial charge is 0.304 e. The van der Waals surface area contributed by atoms with Crippen LogP contribution in [0.2, 0.25) is 0 Å². The summed E-state index contributed by atoms with van der Waals surface area (Å²) in [5.74, 6) is -0.0464. The molecule has 0 amide bonds. The number of carboxylic acids is 1. The van der Waals surface area contributed by atoms with Gasteiger partial charge in [0.2, 0.25) is 0 Å². The molecule has 1 aromatic carbocycles. The highest BCUT2D eigenvalue weighted by Gasteiger charge is 2.28. The van der Waals surface area contributed by atoms with E-state index in [-0.39, 0.29) is 6.42 Å². The van der Waals surface area contributed by atoms with Crippen molar-refractivity contribution in [3.8, 4) is 5.75 Å². The van der Waals surface area contributed by atoms with Gasteiger partial charge in [-0.2, -0.15) is 0 Å². The third-order valence-electron chi connectivity index (χ3n) is 3.08. The second-order valence-corrected chi connectivity index (χ2v) is 4.52. The molecule has 0 spiro atoms. The number of aryl methyl sites for hydroxylation is 1. The van der Waals surface area contributed by atoms with E-state index in [0.29, 0.717) is 6.54 Å². The van der Waals surface area contributed by atoms with Gasteiger partial charge in [-0.1, -0.05) is 19.1 Å². The van der Waals surface area contributed by atoms with Crippen molar-refractivity contribution in [2.45, 2.75) is 25.7 Å². The van der Waals surface area contributed by atoms with Crippen molar-refractivity contribution in [2.24, 2.45) is 5.73 Å². The van der Waals surface area contributed by atoms with Crippen molar-refractivity contribution < 1.29 is 14.6 Å². The largest absolute Gasteiger partial charge is 0.496 e. The fourth-order valence-corrected chi connectivity index (χ4v) is 1.88. The molecule has 1 rings (SSSR count). The molecule has 0 fully saturated rings. The fraction of sp³-hybridized carbons (Fsp3) is 0.462. The molecule has 1 aromatic rings. The Balaban J connectivity index is 3.12. The summed E-state index contributed by atoms with van der Waals surface area (Å²) >= 11 is 0. The molecule has 3 N–H and O–H groups in total. The number of carboxylic acid groups (broad SMARTS) is 1. The first-order valence-electron chi connectivity index (χ1n) is 5.50. The van der Waals surface area contributed by atoms with Crippen LogP contribution in [0.4, 0.5) is 0 Å². The standard InChI is InChI=1S/C13H19NO3/c1-9-6-10(4-5-11(9)17-3)13(2,8-14)7-12(15)16/h4-6H,7-8,14H2,1-3H3,(H,15,16). The highest BCUT2D eigenvalue weighted by atomic mass is 16.5. The molecule has 0 saturated heterocycles. The molecule has 0 aliphatic rings. The lowest BCUT2D eigenvalue weighted by molar-refractivity contribution is -0.138. The predicted molar refractivity (Wildman–Crippen MR) is 66.4 cm³/mol. The number of carbonyl (C=O) groups is 1. The number of nitrogens with two attached hydrogens (primary N) is 1. The van der Waals surface area contributed by atoms with Gasteiger partial charge in [-0.15, -0.1) is 0 Å². The minimum Gasteiger partial charge on any atom is -0.496 e. The minimum absolute atomic E-state index is 0.0231. The maximum absolute atomic E-state index is 10.9. The van der Waals surface area contributed by atoms with Gasteiger partial charge in [-0.05, 0) is 24.1 Å². The predicted octanol–water partition coefficient (Wildman–Crippen LogP) is 1.69. The van der Waals surface area contributed by atoms with E-state index in [0.717, 1.165) is 16.9 Å². The first kappa shape index (κ1) is 13.5. The van der Waals surface area contributed by atoms with Gasteiger partial charge >= 0.3 is 5.97 Å². The summed E-state index contributed by atoms with van der Waals surface area (Å²) < 4.78 is 5.18. The third kappa shape index (κ3) is 2.97. The lowest BCUT2D eigenvalue weighted by Crippen LogP contribution is -2.34. The van der Waals surface area contributed by atoms with Crippen LogP contribution in [-0.4, -0.2) is 24.7 Å². The topological polar surface area (TPSA) is 72.5 Å². The molecule has 0 aromatic heterocycles. The monoisotopic (exact) mass is 237 g/mol. The van der Waals surface area contributed by atoms with E-state index in [1.807, 2.05) is 32.0 Å². The van der Waals surface area contributed by atoms with E-state index in [1.54, 1.807) is 7.11 Å². The number of methoxy groups -OCH3 is 1. The summed E-state index contributed by atoms with van der Waals surface area (Å²) in [5.41, 5.74) is 7.09. The van der Waals surface area contributed by atoms with Crippen LogP contribution in [0.5, 0.6) is 5.75 Å². The van der Waals surface area contributed by atoms with Crippen LogP contribution in [-0.2, 0) is 10.2 Å². The Morgan fingerprint density at radius 1 is 1.53 bits per heavy atom. The van der Waals surface area contributed by atoms with Crippen LogP contribution < -0.4 is 10.5 Å². The lowest BCUT2D eigenvalue weighted by atomic mass is 9.79. The lowest BCUT2D eigenvalue weighted by Gasteiger charge is -2.27. The maximum Gasteiger partial charge on any atom is 0.304 e. The van der Waals surface area contributed by atoms with E-state index in [1.165, 1.54) is 0 Å². The molecule has 0 radical (unpaired) electrons. The molecule has 0 aliphatic carbocycles. The van der Waals surface area contributed by atoms with E-state index < -0.39 is 11.4 Å². The van der Waals surface area contributed by atoms with Gasteiger partial charge in [0.05, 0.1) is 13.5 Å².